The van der Waals surface area contributed by atoms with Crippen molar-refractivity contribution in [1.29, 1.82) is 0 Å². The normalized spacial score (nSPS) is 13.0. The maximum absolute atomic E-state index is 12.4. The molecule has 0 aliphatic rings. The Hall–Kier alpha value is -2.06. The molecule has 0 amide bonds. The SMILES string of the molecule is COc1ccc(N)cc1S(=O)(=O)NC(C)Cn1ccnc1. The van der Waals surface area contributed by atoms with E-state index in [-0.39, 0.29) is 16.7 Å². The van der Waals surface area contributed by atoms with Crippen molar-refractivity contribution < 1.29 is 13.2 Å². The quantitative estimate of drug-likeness (QED) is 0.770. The summed E-state index contributed by atoms with van der Waals surface area (Å²) in [6, 6.07) is 4.19. The minimum Gasteiger partial charge on any atom is -0.495 e. The first-order chi connectivity index (χ1) is 9.92. The number of rotatable bonds is 6. The van der Waals surface area contributed by atoms with Crippen molar-refractivity contribution in [3.05, 3.63) is 36.9 Å². The number of ether oxygens (including phenoxy) is 1. The molecule has 0 aliphatic carbocycles. The van der Waals surface area contributed by atoms with Crippen LogP contribution < -0.4 is 15.2 Å². The number of hydrogen-bond acceptors (Lipinski definition) is 5. The lowest BCUT2D eigenvalue weighted by molar-refractivity contribution is 0.402. The van der Waals surface area contributed by atoms with E-state index in [4.69, 9.17) is 10.5 Å². The van der Waals surface area contributed by atoms with E-state index in [1.807, 2.05) is 0 Å². The second kappa shape index (κ2) is 6.15. The summed E-state index contributed by atoms with van der Waals surface area (Å²) >= 11 is 0. The number of imidazole rings is 1. The fourth-order valence-electron chi connectivity index (χ4n) is 1.98. The summed E-state index contributed by atoms with van der Waals surface area (Å²) in [5.41, 5.74) is 6.02. The van der Waals surface area contributed by atoms with Gasteiger partial charge in [0.2, 0.25) is 10.0 Å². The van der Waals surface area contributed by atoms with Crippen LogP contribution in [0.5, 0.6) is 5.75 Å². The Morgan fingerprint density at radius 2 is 2.24 bits per heavy atom. The summed E-state index contributed by atoms with van der Waals surface area (Å²) in [7, 11) is -2.30. The van der Waals surface area contributed by atoms with Gasteiger partial charge in [-0.2, -0.15) is 0 Å². The molecule has 1 aromatic heterocycles. The molecule has 2 rings (SSSR count). The zero-order valence-electron chi connectivity index (χ0n) is 11.9. The van der Waals surface area contributed by atoms with Crippen LogP contribution in [0.4, 0.5) is 5.69 Å². The van der Waals surface area contributed by atoms with E-state index in [0.29, 0.717) is 12.2 Å². The van der Waals surface area contributed by atoms with Gasteiger partial charge >= 0.3 is 0 Å². The van der Waals surface area contributed by atoms with Crippen LogP contribution in [0.2, 0.25) is 0 Å². The first kappa shape index (κ1) is 15.3. The van der Waals surface area contributed by atoms with Crippen LogP contribution in [0.3, 0.4) is 0 Å². The molecule has 0 saturated heterocycles. The summed E-state index contributed by atoms with van der Waals surface area (Å²) in [5, 5.41) is 0. The monoisotopic (exact) mass is 310 g/mol. The molecular weight excluding hydrogens is 292 g/mol. The number of aromatic nitrogens is 2. The molecule has 0 spiro atoms. The Bertz CT molecular complexity index is 698. The molecule has 21 heavy (non-hydrogen) atoms. The fourth-order valence-corrected chi connectivity index (χ4v) is 3.42. The van der Waals surface area contributed by atoms with Crippen LogP contribution in [0.15, 0.2) is 41.8 Å². The van der Waals surface area contributed by atoms with E-state index in [2.05, 4.69) is 9.71 Å². The average Bonchev–Trinajstić information content (AvgIpc) is 2.90. The maximum Gasteiger partial charge on any atom is 0.244 e. The minimum atomic E-state index is -3.72. The summed E-state index contributed by atoms with van der Waals surface area (Å²) in [5.74, 6) is 0.256. The number of methoxy groups -OCH3 is 1. The molecule has 7 nitrogen and oxygen atoms in total. The van der Waals surface area contributed by atoms with Gasteiger partial charge < -0.3 is 15.0 Å². The highest BCUT2D eigenvalue weighted by Crippen LogP contribution is 2.25. The number of nitrogens with two attached hydrogens (primary N) is 1. The van der Waals surface area contributed by atoms with Crippen LogP contribution in [-0.2, 0) is 16.6 Å². The Labute approximate surface area is 123 Å². The van der Waals surface area contributed by atoms with Gasteiger partial charge in [0.05, 0.1) is 13.4 Å². The molecule has 2 aromatic rings. The van der Waals surface area contributed by atoms with Crippen LogP contribution in [0.1, 0.15) is 6.92 Å². The predicted octanol–water partition coefficient (Wildman–Crippen LogP) is 0.841. The molecule has 1 heterocycles. The molecule has 0 aliphatic heterocycles. The first-order valence-electron chi connectivity index (χ1n) is 6.34. The van der Waals surface area contributed by atoms with Crippen molar-refractivity contribution >= 4 is 15.7 Å². The van der Waals surface area contributed by atoms with E-state index < -0.39 is 10.0 Å². The highest BCUT2D eigenvalue weighted by molar-refractivity contribution is 7.89. The van der Waals surface area contributed by atoms with Crippen molar-refractivity contribution in [2.45, 2.75) is 24.4 Å². The number of sulfonamides is 1. The number of nitrogens with zero attached hydrogens (tertiary/aromatic N) is 2. The van der Waals surface area contributed by atoms with Crippen molar-refractivity contribution in [2.24, 2.45) is 0 Å². The molecule has 0 fully saturated rings. The van der Waals surface area contributed by atoms with E-state index in [1.54, 1.807) is 36.3 Å². The predicted molar refractivity (Wildman–Crippen MR) is 79.4 cm³/mol. The van der Waals surface area contributed by atoms with Crippen LogP contribution in [0.25, 0.3) is 0 Å². The largest absolute Gasteiger partial charge is 0.495 e. The van der Waals surface area contributed by atoms with Crippen molar-refractivity contribution in [1.82, 2.24) is 14.3 Å². The molecular formula is C13H18N4O3S. The van der Waals surface area contributed by atoms with E-state index in [9.17, 15) is 8.42 Å². The van der Waals surface area contributed by atoms with E-state index >= 15 is 0 Å². The van der Waals surface area contributed by atoms with Crippen LogP contribution in [0, 0.1) is 0 Å². The summed E-state index contributed by atoms with van der Waals surface area (Å²) in [6.07, 6.45) is 5.04. The maximum atomic E-state index is 12.4. The molecule has 0 radical (unpaired) electrons. The van der Waals surface area contributed by atoms with E-state index in [0.717, 1.165) is 0 Å². The van der Waals surface area contributed by atoms with Gasteiger partial charge in [-0.05, 0) is 25.1 Å². The topological polar surface area (TPSA) is 99.2 Å². The third kappa shape index (κ3) is 3.73. The van der Waals surface area contributed by atoms with Crippen LogP contribution >= 0.6 is 0 Å². The Kier molecular flexibility index (Phi) is 4.49. The van der Waals surface area contributed by atoms with Crippen molar-refractivity contribution in [3.63, 3.8) is 0 Å². The van der Waals surface area contributed by atoms with Gasteiger partial charge in [0.25, 0.3) is 0 Å². The zero-order chi connectivity index (χ0) is 15.5. The summed E-state index contributed by atoms with van der Waals surface area (Å²) < 4.78 is 34.3. The van der Waals surface area contributed by atoms with Gasteiger partial charge in [0, 0.05) is 30.7 Å². The number of nitrogens with one attached hydrogen (secondary N) is 1. The Morgan fingerprint density at radius 3 is 2.86 bits per heavy atom. The first-order valence-corrected chi connectivity index (χ1v) is 7.82. The number of nitrogen functional groups attached to an aromatic ring is 1. The summed E-state index contributed by atoms with van der Waals surface area (Å²) in [4.78, 5) is 3.95. The fraction of sp³-hybridized carbons (Fsp3) is 0.308. The van der Waals surface area contributed by atoms with Gasteiger partial charge in [-0.25, -0.2) is 18.1 Å². The highest BCUT2D eigenvalue weighted by Gasteiger charge is 2.22. The number of anilines is 1. The van der Waals surface area contributed by atoms with Gasteiger partial charge in [-0.1, -0.05) is 0 Å². The second-order valence-electron chi connectivity index (χ2n) is 4.69. The van der Waals surface area contributed by atoms with Crippen LogP contribution in [-0.4, -0.2) is 31.1 Å². The molecule has 114 valence electrons. The average molecular weight is 310 g/mol. The third-order valence-corrected chi connectivity index (χ3v) is 4.49. The number of benzene rings is 1. The number of hydrogen-bond donors (Lipinski definition) is 2. The lowest BCUT2D eigenvalue weighted by atomic mass is 10.3. The molecule has 8 heteroatoms. The smallest absolute Gasteiger partial charge is 0.244 e. The van der Waals surface area contributed by atoms with Gasteiger partial charge in [0.15, 0.2) is 0 Å². The molecule has 3 N–H and O–H groups in total. The second-order valence-corrected chi connectivity index (χ2v) is 6.37. The van der Waals surface area contributed by atoms with Crippen molar-refractivity contribution in [3.8, 4) is 5.75 Å². The summed E-state index contributed by atoms with van der Waals surface area (Å²) in [6.45, 7) is 2.25. The Balaban J connectivity index is 2.20. The lowest BCUT2D eigenvalue weighted by Crippen LogP contribution is -2.35. The van der Waals surface area contributed by atoms with Crippen molar-refractivity contribution in [2.75, 3.05) is 12.8 Å². The highest BCUT2D eigenvalue weighted by atomic mass is 32.2. The van der Waals surface area contributed by atoms with Gasteiger partial charge in [-0.3, -0.25) is 0 Å². The van der Waals surface area contributed by atoms with Gasteiger partial charge in [-0.15, -0.1) is 0 Å². The van der Waals surface area contributed by atoms with Gasteiger partial charge in [0.1, 0.15) is 10.6 Å². The molecule has 1 atom stereocenters. The molecule has 0 saturated carbocycles. The zero-order valence-corrected chi connectivity index (χ0v) is 12.7. The standard InChI is InChI=1S/C13H18N4O3S/c1-10(8-17-6-5-15-9-17)16-21(18,19)13-7-11(14)3-4-12(13)20-2/h3-7,9-10,16H,8,14H2,1-2H3. The Morgan fingerprint density at radius 1 is 1.48 bits per heavy atom. The van der Waals surface area contributed by atoms with E-state index in [1.165, 1.54) is 19.2 Å². The molecule has 1 unspecified atom stereocenters. The molecule has 1 aromatic carbocycles. The molecule has 0 bridgehead atoms. The lowest BCUT2D eigenvalue weighted by Gasteiger charge is -2.16. The third-order valence-electron chi connectivity index (χ3n) is 2.88. The minimum absolute atomic E-state index is 0.0301.